The molecular formula is C75H166N8+8. The van der Waals surface area contributed by atoms with E-state index in [1.54, 1.807) is 0 Å². The lowest BCUT2D eigenvalue weighted by atomic mass is 9.92. The van der Waals surface area contributed by atoms with Gasteiger partial charge in [0.15, 0.2) is 0 Å². The molecule has 0 aromatic heterocycles. The Kier molecular flexibility index (Phi) is 33.8. The van der Waals surface area contributed by atoms with E-state index < -0.39 is 0 Å². The molecule has 8 nitrogen and oxygen atoms in total. The van der Waals surface area contributed by atoms with E-state index in [9.17, 15) is 0 Å². The van der Waals surface area contributed by atoms with Crippen LogP contribution < -0.4 is 0 Å². The van der Waals surface area contributed by atoms with Crippen LogP contribution in [0.1, 0.15) is 237 Å². The van der Waals surface area contributed by atoms with E-state index in [-0.39, 0.29) is 0 Å². The maximum absolute atomic E-state index is 2.44. The Morgan fingerprint density at radius 2 is 0.759 bits per heavy atom. The predicted molar refractivity (Wildman–Crippen MR) is 373 cm³/mol. The van der Waals surface area contributed by atoms with Gasteiger partial charge in [0.25, 0.3) is 0 Å². The van der Waals surface area contributed by atoms with Crippen LogP contribution in [0.3, 0.4) is 0 Å². The largest absolute Gasteiger partial charge is 0.326 e. The number of nitrogens with zero attached hydrogens (tertiary/aromatic N) is 8. The third-order valence-electron chi connectivity index (χ3n) is 28.6. The molecule has 0 bridgehead atoms. The number of rotatable bonds is 10. The van der Waals surface area contributed by atoms with Gasteiger partial charge in [0.2, 0.25) is 0 Å². The highest BCUT2D eigenvalue weighted by molar-refractivity contribution is 4.82. The van der Waals surface area contributed by atoms with E-state index in [2.05, 4.69) is 229 Å². The summed E-state index contributed by atoms with van der Waals surface area (Å²) in [7, 11) is 19.1. The summed E-state index contributed by atoms with van der Waals surface area (Å²) in [5, 5.41) is 0. The van der Waals surface area contributed by atoms with Gasteiger partial charge in [-0.3, -0.25) is 0 Å². The average Bonchev–Trinajstić information content (AvgIpc) is 4.50. The van der Waals surface area contributed by atoms with E-state index in [4.69, 9.17) is 0 Å². The first kappa shape index (κ1) is 80.7. The van der Waals surface area contributed by atoms with Crippen LogP contribution in [0.25, 0.3) is 0 Å². The van der Waals surface area contributed by atoms with Crippen molar-refractivity contribution in [1.82, 2.24) is 0 Å². The monoisotopic (exact) mass is 1180 g/mol. The Morgan fingerprint density at radius 3 is 1.00 bits per heavy atom. The van der Waals surface area contributed by atoms with Crippen LogP contribution in [0.4, 0.5) is 0 Å². The van der Waals surface area contributed by atoms with E-state index in [0.717, 1.165) is 102 Å². The van der Waals surface area contributed by atoms with E-state index in [1.807, 2.05) is 0 Å². The topological polar surface area (TPSA) is 0 Å². The van der Waals surface area contributed by atoms with Crippen LogP contribution in [0.2, 0.25) is 0 Å². The molecule has 0 saturated carbocycles. The molecule has 0 N–H and O–H groups in total. The molecule has 83 heavy (non-hydrogen) atoms. The van der Waals surface area contributed by atoms with Gasteiger partial charge in [0, 0.05) is 98.7 Å². The zero-order valence-corrected chi connectivity index (χ0v) is 64.1. The summed E-state index contributed by atoms with van der Waals surface area (Å²) in [4.78, 5) is 0. The molecule has 0 spiro atoms. The molecule has 0 aromatic rings. The Morgan fingerprint density at radius 1 is 0.289 bits per heavy atom. The van der Waals surface area contributed by atoms with Gasteiger partial charge >= 0.3 is 0 Å². The first-order valence-corrected chi connectivity index (χ1v) is 36.9. The summed E-state index contributed by atoms with van der Waals surface area (Å²) in [5.41, 5.74) is 0. The van der Waals surface area contributed by atoms with Crippen LogP contribution in [-0.4, -0.2) is 245 Å². The first-order chi connectivity index (χ1) is 38.2. The Bertz CT molecular complexity index is 1720. The van der Waals surface area contributed by atoms with Crippen molar-refractivity contribution in [3.8, 4) is 0 Å². The fourth-order valence-electron chi connectivity index (χ4n) is 18.0. The molecule has 8 heterocycles. The molecule has 0 aliphatic carbocycles. The molecule has 0 amide bonds. The van der Waals surface area contributed by atoms with Gasteiger partial charge < -0.3 is 35.9 Å². The maximum atomic E-state index is 2.44. The summed E-state index contributed by atoms with van der Waals surface area (Å²) in [6.45, 7) is 79.4. The second-order valence-electron chi connectivity index (χ2n) is 33.8. The molecule has 498 valence electrons. The maximum Gasteiger partial charge on any atom is 0.0892 e. The second kappa shape index (κ2) is 34.8. The Balaban J connectivity index is 0.000000476. The van der Waals surface area contributed by atoms with Crippen LogP contribution in [0, 0.1) is 47.3 Å². The van der Waals surface area contributed by atoms with Crippen molar-refractivity contribution in [1.29, 1.82) is 0 Å². The minimum Gasteiger partial charge on any atom is -0.326 e. The fraction of sp³-hybridized carbons (Fsp3) is 1.00. The first-order valence-electron chi connectivity index (χ1n) is 36.9. The van der Waals surface area contributed by atoms with E-state index >= 15 is 0 Å². The van der Waals surface area contributed by atoms with Crippen molar-refractivity contribution in [3.05, 3.63) is 0 Å². The van der Waals surface area contributed by atoms with Crippen LogP contribution in [0.15, 0.2) is 0 Å². The zero-order chi connectivity index (χ0) is 64.5. The normalized spacial score (nSPS) is 47.6. The molecule has 0 radical (unpaired) electrons. The number of hydrogen-bond acceptors (Lipinski definition) is 0. The molecule has 8 aliphatic heterocycles. The summed E-state index contributed by atoms with van der Waals surface area (Å²) in [6.07, 6.45) is 14.0. The SMILES string of the molecule is CCC[N+]1(C)C(C)C(C)C(C)C1C.CCC[N+]1(C)C(C)CC(C)C1C.CC[N+]1(C)C(C)CCC1C.CC[N+]1(C)CC(C)C(C)C1.CC[N+]1(C)CC(C)CC1C.CC[N+]1(C)CCC(C)C1.CC[N+]1(C)CCC(C)C1C.CC[N+]1(C)CCCC1C. The Hall–Kier alpha value is -0.320. The second-order valence-corrected chi connectivity index (χ2v) is 33.8. The van der Waals surface area contributed by atoms with Crippen molar-refractivity contribution in [3.63, 3.8) is 0 Å². The summed E-state index contributed by atoms with van der Waals surface area (Å²) in [5.74, 6) is 7.39. The van der Waals surface area contributed by atoms with Crippen molar-refractivity contribution < 1.29 is 35.9 Å². The van der Waals surface area contributed by atoms with Crippen molar-refractivity contribution in [2.75, 3.05) is 155 Å². The lowest BCUT2D eigenvalue weighted by molar-refractivity contribution is -0.942. The fourth-order valence-corrected chi connectivity index (χ4v) is 18.0. The van der Waals surface area contributed by atoms with Gasteiger partial charge in [-0.25, -0.2) is 0 Å². The smallest absolute Gasteiger partial charge is 0.0892 e. The van der Waals surface area contributed by atoms with Gasteiger partial charge in [-0.1, -0.05) is 69.2 Å². The Labute approximate surface area is 526 Å². The zero-order valence-electron chi connectivity index (χ0n) is 64.1. The highest BCUT2D eigenvalue weighted by atomic mass is 15.4. The highest BCUT2D eigenvalue weighted by Crippen LogP contribution is 2.40. The van der Waals surface area contributed by atoms with Crippen LogP contribution in [0.5, 0.6) is 0 Å². The molecule has 22 atom stereocenters. The summed E-state index contributed by atoms with van der Waals surface area (Å²) >= 11 is 0. The number of hydrogen-bond donors (Lipinski definition) is 0. The van der Waals surface area contributed by atoms with Crippen LogP contribution in [-0.2, 0) is 0 Å². The van der Waals surface area contributed by atoms with E-state index in [1.165, 1.54) is 198 Å². The number of likely N-dealkylation sites (tertiary alicyclic amines) is 8. The lowest BCUT2D eigenvalue weighted by Crippen LogP contribution is -2.53. The molecule has 0 aromatic carbocycles. The van der Waals surface area contributed by atoms with Gasteiger partial charge in [-0.2, -0.15) is 0 Å². The molecule has 8 rings (SSSR count). The molecule has 22 unspecified atom stereocenters. The summed E-state index contributed by atoms with van der Waals surface area (Å²) < 4.78 is 10.4. The van der Waals surface area contributed by atoms with Gasteiger partial charge in [0.1, 0.15) is 0 Å². The van der Waals surface area contributed by atoms with Crippen LogP contribution >= 0.6 is 0 Å². The minimum absolute atomic E-state index is 0.838. The average molecular weight is 1180 g/mol. The molecular weight excluding hydrogens is 1010 g/mol. The summed E-state index contributed by atoms with van der Waals surface area (Å²) in [6, 6.07) is 7.87. The van der Waals surface area contributed by atoms with Gasteiger partial charge in [-0.05, 0) is 117 Å². The number of quaternary nitrogens is 8. The molecule has 8 heteroatoms. The molecule has 8 aliphatic rings. The highest BCUT2D eigenvalue weighted by Gasteiger charge is 2.50. The quantitative estimate of drug-likeness (QED) is 0.191. The van der Waals surface area contributed by atoms with E-state index in [0.29, 0.717) is 0 Å². The molecule has 8 fully saturated rings. The third kappa shape index (κ3) is 21.4. The molecule has 8 saturated heterocycles. The third-order valence-corrected chi connectivity index (χ3v) is 28.6. The minimum atomic E-state index is 0.838. The van der Waals surface area contributed by atoms with Gasteiger partial charge in [-0.15, -0.1) is 0 Å². The van der Waals surface area contributed by atoms with Crippen molar-refractivity contribution in [2.45, 2.75) is 292 Å². The lowest BCUT2D eigenvalue weighted by Gasteiger charge is -2.39. The predicted octanol–water partition coefficient (Wildman–Crippen LogP) is 16.2. The van der Waals surface area contributed by atoms with Crippen molar-refractivity contribution >= 4 is 0 Å². The van der Waals surface area contributed by atoms with Crippen molar-refractivity contribution in [2.24, 2.45) is 47.3 Å². The van der Waals surface area contributed by atoms with Gasteiger partial charge in [0.05, 0.1) is 209 Å². The standard InChI is InChI=1S/C12H26N.C11H24N.4C9H20N.2C8H18N/c1-7-8-13(6)11(4)9(2)10(3)12(13)5;1-6-7-12(5)10(3)8-9(2)11(12)4;1-5-10(4)6-8(2)9(3)7-10;1-5-10(4)7-8(2)6-9(10)3;1-5-10(4)7-6-8(2)9(10)3;1-5-10(4)8(2)6-7-9(10)3;1-4-9(3)6-5-8(2)7-9;1-4-9(3)7-5-6-8(9)2/h9-12H,7-8H2,1-6H3;9-11H,6-8H2,1-5H3;4*8-9H,5-7H2,1-4H3;2*8H,4-7H2,1-3H3/q8*+1.